The van der Waals surface area contributed by atoms with Gasteiger partial charge in [0.2, 0.25) is 0 Å². The maximum atomic E-state index is 11.2. The van der Waals surface area contributed by atoms with Gasteiger partial charge in [-0.2, -0.15) is 0 Å². The molecule has 158 valence electrons. The number of hydrogen-bond acceptors (Lipinski definition) is 2. The molecular formula is C26H42O2. The summed E-state index contributed by atoms with van der Waals surface area (Å²) in [5, 5.41) is 11.2. The van der Waals surface area contributed by atoms with Crippen molar-refractivity contribution in [2.45, 2.75) is 110 Å². The first-order valence-electron chi connectivity index (χ1n) is 12.1. The van der Waals surface area contributed by atoms with Crippen molar-refractivity contribution >= 4 is 0 Å². The highest BCUT2D eigenvalue weighted by Crippen LogP contribution is 2.67. The standard InChI is InChI=1S/C26H42O2/c1-5-6-7-8-14-26(27)17-16-24(2)19(18-26)9-10-20-21-11-12-23(28-4)25(21,3)15-13-22(20)24/h19-23,27H,5-7,9-13,15-18H2,1-4H3/t19-,20+,21+,22+,23+,24+,25+,26-/m1/s1. The Balaban J connectivity index is 1.49. The van der Waals surface area contributed by atoms with E-state index in [1.807, 2.05) is 7.11 Å². The van der Waals surface area contributed by atoms with Gasteiger partial charge in [0.25, 0.3) is 0 Å². The molecule has 4 fully saturated rings. The lowest BCUT2D eigenvalue weighted by Gasteiger charge is -2.61. The van der Waals surface area contributed by atoms with Crippen molar-refractivity contribution < 1.29 is 9.84 Å². The first-order chi connectivity index (χ1) is 13.4. The second-order valence-electron chi connectivity index (χ2n) is 11.1. The van der Waals surface area contributed by atoms with E-state index in [1.165, 1.54) is 44.9 Å². The summed E-state index contributed by atoms with van der Waals surface area (Å²) in [6.45, 7) is 7.30. The first-order valence-corrected chi connectivity index (χ1v) is 12.1. The number of hydrogen-bond donors (Lipinski definition) is 1. The number of rotatable bonds is 3. The average molecular weight is 387 g/mol. The zero-order chi connectivity index (χ0) is 20.0. The van der Waals surface area contributed by atoms with Crippen LogP contribution in [0.3, 0.4) is 0 Å². The molecule has 0 saturated heterocycles. The zero-order valence-electron chi connectivity index (χ0n) is 18.7. The Morgan fingerprint density at radius 3 is 2.50 bits per heavy atom. The van der Waals surface area contributed by atoms with Crippen LogP contribution in [0.1, 0.15) is 97.8 Å². The quantitative estimate of drug-likeness (QED) is 0.478. The summed E-state index contributed by atoms with van der Waals surface area (Å²) in [6.07, 6.45) is 14.7. The van der Waals surface area contributed by atoms with Crippen molar-refractivity contribution in [2.24, 2.45) is 34.5 Å². The van der Waals surface area contributed by atoms with Gasteiger partial charge in [0.05, 0.1) is 6.10 Å². The highest BCUT2D eigenvalue weighted by atomic mass is 16.5. The van der Waals surface area contributed by atoms with Gasteiger partial charge in [0, 0.05) is 13.5 Å². The van der Waals surface area contributed by atoms with E-state index in [0.29, 0.717) is 22.9 Å². The molecule has 4 aliphatic carbocycles. The molecule has 0 aromatic rings. The van der Waals surface area contributed by atoms with E-state index in [1.54, 1.807) is 0 Å². The topological polar surface area (TPSA) is 29.5 Å². The zero-order valence-corrected chi connectivity index (χ0v) is 18.7. The van der Waals surface area contributed by atoms with Crippen molar-refractivity contribution in [3.8, 4) is 11.8 Å². The average Bonchev–Trinajstić information content (AvgIpc) is 3.02. The van der Waals surface area contributed by atoms with E-state index in [9.17, 15) is 5.11 Å². The summed E-state index contributed by atoms with van der Waals surface area (Å²) in [5.41, 5.74) is 0.0917. The van der Waals surface area contributed by atoms with Gasteiger partial charge < -0.3 is 9.84 Å². The SMILES string of the molecule is CCCCC#C[C@@]1(O)CC[C@@]2(C)[C@H](CC[C@@H]3[C@@H]2CC[C@]2(C)[C@@H](OC)CC[C@@H]32)C1. The predicted molar refractivity (Wildman–Crippen MR) is 115 cm³/mol. The highest BCUT2D eigenvalue weighted by Gasteiger charge is 2.61. The Kier molecular flexibility index (Phi) is 5.65. The van der Waals surface area contributed by atoms with Crippen LogP contribution in [0.15, 0.2) is 0 Å². The molecule has 2 heteroatoms. The molecule has 0 spiro atoms. The summed E-state index contributed by atoms with van der Waals surface area (Å²) in [7, 11) is 1.92. The molecule has 1 N–H and O–H groups in total. The second-order valence-corrected chi connectivity index (χ2v) is 11.1. The van der Waals surface area contributed by atoms with Crippen LogP contribution in [0.4, 0.5) is 0 Å². The second kappa shape index (κ2) is 7.63. The molecular weight excluding hydrogens is 344 g/mol. The summed E-state index contributed by atoms with van der Waals surface area (Å²) >= 11 is 0. The fourth-order valence-corrected chi connectivity index (χ4v) is 8.19. The normalized spacial score (nSPS) is 50.1. The van der Waals surface area contributed by atoms with Crippen LogP contribution in [0.2, 0.25) is 0 Å². The minimum atomic E-state index is -0.720. The number of ether oxygens (including phenoxy) is 1. The van der Waals surface area contributed by atoms with Gasteiger partial charge in [-0.1, -0.05) is 33.1 Å². The third kappa shape index (κ3) is 3.26. The Morgan fingerprint density at radius 2 is 1.75 bits per heavy atom. The van der Waals surface area contributed by atoms with Crippen molar-refractivity contribution in [3.63, 3.8) is 0 Å². The van der Waals surface area contributed by atoms with E-state index >= 15 is 0 Å². The largest absolute Gasteiger partial charge is 0.381 e. The third-order valence-corrected chi connectivity index (χ3v) is 9.90. The number of methoxy groups -OCH3 is 1. The molecule has 28 heavy (non-hydrogen) atoms. The molecule has 0 aromatic heterocycles. The van der Waals surface area contributed by atoms with Crippen molar-refractivity contribution in [3.05, 3.63) is 0 Å². The smallest absolute Gasteiger partial charge is 0.125 e. The van der Waals surface area contributed by atoms with Gasteiger partial charge in [-0.05, 0) is 98.7 Å². The molecule has 4 saturated carbocycles. The first kappa shape index (κ1) is 20.7. The number of aliphatic hydroxyl groups is 1. The Labute approximate surface area is 173 Å². The van der Waals surface area contributed by atoms with Gasteiger partial charge in [-0.25, -0.2) is 0 Å². The third-order valence-electron chi connectivity index (χ3n) is 9.90. The number of unbranched alkanes of at least 4 members (excludes halogenated alkanes) is 2. The Morgan fingerprint density at radius 1 is 0.964 bits per heavy atom. The van der Waals surface area contributed by atoms with Gasteiger partial charge in [-0.3, -0.25) is 0 Å². The van der Waals surface area contributed by atoms with Gasteiger partial charge >= 0.3 is 0 Å². The Bertz CT molecular complexity index is 632. The minimum Gasteiger partial charge on any atom is -0.381 e. The summed E-state index contributed by atoms with van der Waals surface area (Å²) in [4.78, 5) is 0. The molecule has 8 atom stereocenters. The lowest BCUT2D eigenvalue weighted by molar-refractivity contribution is -0.146. The van der Waals surface area contributed by atoms with Crippen LogP contribution in [0.25, 0.3) is 0 Å². The fraction of sp³-hybridized carbons (Fsp3) is 0.923. The molecule has 0 bridgehead atoms. The van der Waals surface area contributed by atoms with Crippen molar-refractivity contribution in [2.75, 3.05) is 7.11 Å². The predicted octanol–water partition coefficient (Wildman–Crippen LogP) is 5.97. The summed E-state index contributed by atoms with van der Waals surface area (Å²) in [5.74, 6) is 9.82. The molecule has 4 aliphatic rings. The van der Waals surface area contributed by atoms with Gasteiger partial charge in [-0.15, -0.1) is 5.92 Å². The van der Waals surface area contributed by atoms with Crippen molar-refractivity contribution in [1.29, 1.82) is 0 Å². The molecule has 0 radical (unpaired) electrons. The van der Waals surface area contributed by atoms with Crippen molar-refractivity contribution in [1.82, 2.24) is 0 Å². The van der Waals surface area contributed by atoms with E-state index in [4.69, 9.17) is 4.74 Å². The lowest BCUT2D eigenvalue weighted by atomic mass is 9.44. The van der Waals surface area contributed by atoms with Crippen LogP contribution in [0, 0.1) is 46.3 Å². The monoisotopic (exact) mass is 386 g/mol. The summed E-state index contributed by atoms with van der Waals surface area (Å²) in [6, 6.07) is 0. The molecule has 0 aliphatic heterocycles. The van der Waals surface area contributed by atoms with Crippen LogP contribution < -0.4 is 0 Å². The Hall–Kier alpha value is -0.520. The molecule has 0 amide bonds. The maximum absolute atomic E-state index is 11.2. The molecule has 0 aromatic carbocycles. The van der Waals surface area contributed by atoms with Crippen LogP contribution in [0.5, 0.6) is 0 Å². The fourth-order valence-electron chi connectivity index (χ4n) is 8.19. The van der Waals surface area contributed by atoms with E-state index < -0.39 is 5.60 Å². The van der Waals surface area contributed by atoms with E-state index in [-0.39, 0.29) is 0 Å². The molecule has 0 heterocycles. The maximum Gasteiger partial charge on any atom is 0.125 e. The highest BCUT2D eigenvalue weighted by molar-refractivity contribution is 5.19. The van der Waals surface area contributed by atoms with E-state index in [2.05, 4.69) is 32.6 Å². The van der Waals surface area contributed by atoms with Crippen LogP contribution in [-0.4, -0.2) is 23.9 Å². The number of fused-ring (bicyclic) bond motifs is 5. The minimum absolute atomic E-state index is 0.402. The van der Waals surface area contributed by atoms with Crippen LogP contribution >= 0.6 is 0 Å². The van der Waals surface area contributed by atoms with Crippen LogP contribution in [-0.2, 0) is 4.74 Å². The molecule has 4 rings (SSSR count). The summed E-state index contributed by atoms with van der Waals surface area (Å²) < 4.78 is 5.93. The molecule has 2 nitrogen and oxygen atoms in total. The van der Waals surface area contributed by atoms with E-state index in [0.717, 1.165) is 49.9 Å². The molecule has 0 unspecified atom stereocenters. The van der Waals surface area contributed by atoms with Gasteiger partial charge in [0.15, 0.2) is 0 Å². The lowest BCUT2D eigenvalue weighted by Crippen LogP contribution is -2.56. The van der Waals surface area contributed by atoms with Gasteiger partial charge in [0.1, 0.15) is 5.60 Å².